The number of carbonyl (C=O) groups excluding carboxylic acids is 1. The molecule has 2 aromatic carbocycles. The molecule has 2 fully saturated rings. The van der Waals surface area contributed by atoms with E-state index < -0.39 is 23.2 Å². The number of ether oxygens (including phenoxy) is 1. The average molecular weight is 621 g/mol. The number of hydrogen-bond acceptors (Lipinski definition) is 7. The van der Waals surface area contributed by atoms with Gasteiger partial charge in [-0.1, -0.05) is 12.1 Å². The quantitative estimate of drug-likeness (QED) is 0.328. The smallest absolute Gasteiger partial charge is 0.379 e. The molecule has 4 aromatic rings. The van der Waals surface area contributed by atoms with Crippen molar-refractivity contribution in [3.63, 3.8) is 0 Å². The Bertz CT molecular complexity index is 1740. The number of nitrogens with one attached hydrogen (secondary N) is 1. The lowest BCUT2D eigenvalue weighted by Crippen LogP contribution is -2.49. The molecule has 6 rings (SSSR count). The number of hydrogen-bond donors (Lipinski definition) is 1. The SMILES string of the molecule is CNC(=O)c1ccc(-c2ccc(=O)n(CCc3ccc4ncc(N5CCC(N6CCOCC6)CC5)cc4c3)n2)cc1C(F)(F)F. The molecule has 45 heavy (non-hydrogen) atoms. The Labute approximate surface area is 258 Å². The summed E-state index contributed by atoms with van der Waals surface area (Å²) in [7, 11) is 1.27. The van der Waals surface area contributed by atoms with Crippen LogP contribution < -0.4 is 15.8 Å². The molecule has 1 amide bonds. The molecule has 0 unspecified atom stereocenters. The van der Waals surface area contributed by atoms with Gasteiger partial charge in [-0.3, -0.25) is 19.5 Å². The number of rotatable bonds is 7. The second-order valence-corrected chi connectivity index (χ2v) is 11.5. The summed E-state index contributed by atoms with van der Waals surface area (Å²) in [6, 6.07) is 14.8. The number of fused-ring (bicyclic) bond motifs is 1. The molecular formula is C33H35F3N6O3. The summed E-state index contributed by atoms with van der Waals surface area (Å²) >= 11 is 0. The Morgan fingerprint density at radius 3 is 2.51 bits per heavy atom. The molecule has 0 spiro atoms. The molecule has 0 saturated carbocycles. The highest BCUT2D eigenvalue weighted by atomic mass is 19.4. The number of amides is 1. The van der Waals surface area contributed by atoms with Gasteiger partial charge in [-0.2, -0.15) is 18.3 Å². The van der Waals surface area contributed by atoms with Crippen LogP contribution in [0.15, 0.2) is 65.6 Å². The number of nitrogens with zero attached hydrogens (tertiary/aromatic N) is 5. The number of carbonyl (C=O) groups is 1. The van der Waals surface area contributed by atoms with Crippen LogP contribution in [0.2, 0.25) is 0 Å². The van der Waals surface area contributed by atoms with E-state index in [0.717, 1.165) is 86.5 Å². The van der Waals surface area contributed by atoms with Crippen molar-refractivity contribution in [3.8, 4) is 11.3 Å². The second kappa shape index (κ2) is 13.0. The molecule has 0 aliphatic carbocycles. The van der Waals surface area contributed by atoms with Crippen LogP contribution in [-0.4, -0.2) is 78.1 Å². The molecule has 2 aliphatic rings. The van der Waals surface area contributed by atoms with Crippen LogP contribution in [0.3, 0.4) is 0 Å². The highest BCUT2D eigenvalue weighted by Gasteiger charge is 2.35. The maximum absolute atomic E-state index is 13.8. The minimum atomic E-state index is -4.74. The summed E-state index contributed by atoms with van der Waals surface area (Å²) in [6.07, 6.45) is -0.109. The van der Waals surface area contributed by atoms with Crippen LogP contribution in [0.1, 0.15) is 34.3 Å². The fourth-order valence-corrected chi connectivity index (χ4v) is 6.20. The van der Waals surface area contributed by atoms with Gasteiger partial charge in [0.1, 0.15) is 0 Å². The lowest BCUT2D eigenvalue weighted by atomic mass is 10.0. The van der Waals surface area contributed by atoms with Crippen molar-refractivity contribution >= 4 is 22.5 Å². The first-order valence-corrected chi connectivity index (χ1v) is 15.2. The minimum absolute atomic E-state index is 0.155. The maximum Gasteiger partial charge on any atom is 0.417 e. The van der Waals surface area contributed by atoms with Crippen molar-refractivity contribution in [2.75, 3.05) is 51.3 Å². The molecule has 0 atom stereocenters. The van der Waals surface area contributed by atoms with Gasteiger partial charge < -0.3 is 15.0 Å². The number of benzene rings is 2. The molecule has 2 aromatic heterocycles. The van der Waals surface area contributed by atoms with Crippen LogP contribution in [-0.2, 0) is 23.9 Å². The van der Waals surface area contributed by atoms with E-state index in [1.165, 1.54) is 29.9 Å². The lowest BCUT2D eigenvalue weighted by Gasteiger charge is -2.40. The Kier molecular flexibility index (Phi) is 8.86. The minimum Gasteiger partial charge on any atom is -0.379 e. The van der Waals surface area contributed by atoms with Gasteiger partial charge in [0.2, 0.25) is 0 Å². The predicted molar refractivity (Wildman–Crippen MR) is 165 cm³/mol. The predicted octanol–water partition coefficient (Wildman–Crippen LogP) is 4.38. The van der Waals surface area contributed by atoms with Crippen molar-refractivity contribution in [1.29, 1.82) is 0 Å². The Hall–Kier alpha value is -4.29. The topological polar surface area (TPSA) is 92.6 Å². The molecule has 236 valence electrons. The van der Waals surface area contributed by atoms with Crippen LogP contribution in [0.4, 0.5) is 18.9 Å². The van der Waals surface area contributed by atoms with Crippen LogP contribution in [0, 0.1) is 0 Å². The number of aryl methyl sites for hydroxylation is 2. The lowest BCUT2D eigenvalue weighted by molar-refractivity contribution is -0.137. The average Bonchev–Trinajstić information content (AvgIpc) is 3.07. The van der Waals surface area contributed by atoms with E-state index >= 15 is 0 Å². The molecule has 9 nitrogen and oxygen atoms in total. The molecule has 2 aliphatic heterocycles. The third kappa shape index (κ3) is 6.86. The summed E-state index contributed by atoms with van der Waals surface area (Å²) in [4.78, 5) is 34.3. The van der Waals surface area contributed by atoms with Gasteiger partial charge in [-0.15, -0.1) is 0 Å². The highest BCUT2D eigenvalue weighted by molar-refractivity contribution is 5.96. The van der Waals surface area contributed by atoms with E-state index in [4.69, 9.17) is 4.74 Å². The number of piperidine rings is 1. The Morgan fingerprint density at radius 2 is 1.78 bits per heavy atom. The fraction of sp³-hybridized carbons (Fsp3) is 0.394. The van der Waals surface area contributed by atoms with Crippen molar-refractivity contribution in [2.24, 2.45) is 0 Å². The van der Waals surface area contributed by atoms with Crippen molar-refractivity contribution in [2.45, 2.75) is 38.0 Å². The maximum atomic E-state index is 13.8. The van der Waals surface area contributed by atoms with E-state index in [2.05, 4.69) is 37.3 Å². The summed E-state index contributed by atoms with van der Waals surface area (Å²) in [5.41, 5.74) is 1.41. The van der Waals surface area contributed by atoms with E-state index in [9.17, 15) is 22.8 Å². The molecule has 4 heterocycles. The summed E-state index contributed by atoms with van der Waals surface area (Å²) < 4.78 is 48.0. The summed E-state index contributed by atoms with van der Waals surface area (Å²) in [5, 5.41) is 7.60. The highest BCUT2D eigenvalue weighted by Crippen LogP contribution is 2.34. The molecule has 0 bridgehead atoms. The van der Waals surface area contributed by atoms with Crippen LogP contribution in [0.5, 0.6) is 0 Å². The number of morpholine rings is 1. The number of alkyl halides is 3. The van der Waals surface area contributed by atoms with E-state index in [-0.39, 0.29) is 23.4 Å². The molecule has 1 N–H and O–H groups in total. The number of pyridine rings is 1. The normalized spacial score (nSPS) is 16.7. The standard InChI is InChI=1S/C33H35F3N6O3/c1-37-32(44)27-4-3-23(20-28(27)33(34,35)36)30-6-7-31(43)42(39-30)13-8-22-2-5-29-24(18-22)19-26(21-38-29)40-11-9-25(10-12-40)41-14-16-45-17-15-41/h2-7,18-21,25H,8-17H2,1H3,(H,37,44). The third-order valence-electron chi connectivity index (χ3n) is 8.69. The Morgan fingerprint density at radius 1 is 1.00 bits per heavy atom. The summed E-state index contributed by atoms with van der Waals surface area (Å²) in [5.74, 6) is -0.835. The van der Waals surface area contributed by atoms with Gasteiger partial charge >= 0.3 is 6.18 Å². The fourth-order valence-electron chi connectivity index (χ4n) is 6.20. The second-order valence-electron chi connectivity index (χ2n) is 11.5. The van der Waals surface area contributed by atoms with Gasteiger partial charge in [-0.25, -0.2) is 4.68 Å². The van der Waals surface area contributed by atoms with Gasteiger partial charge in [0.15, 0.2) is 0 Å². The van der Waals surface area contributed by atoms with Crippen LogP contribution in [0.25, 0.3) is 22.2 Å². The van der Waals surface area contributed by atoms with E-state index in [1.807, 2.05) is 18.3 Å². The van der Waals surface area contributed by atoms with Crippen molar-refractivity contribution < 1.29 is 22.7 Å². The zero-order valence-electron chi connectivity index (χ0n) is 25.0. The first kappa shape index (κ1) is 30.7. The first-order chi connectivity index (χ1) is 21.7. The zero-order chi connectivity index (χ0) is 31.6. The first-order valence-electron chi connectivity index (χ1n) is 15.2. The zero-order valence-corrected chi connectivity index (χ0v) is 25.0. The Balaban J connectivity index is 1.16. The third-order valence-corrected chi connectivity index (χ3v) is 8.69. The van der Waals surface area contributed by atoms with Crippen molar-refractivity contribution in [1.82, 2.24) is 25.0 Å². The van der Waals surface area contributed by atoms with E-state index in [0.29, 0.717) is 12.5 Å². The number of aromatic nitrogens is 3. The molecular weight excluding hydrogens is 585 g/mol. The monoisotopic (exact) mass is 620 g/mol. The van der Waals surface area contributed by atoms with Gasteiger partial charge in [0.25, 0.3) is 11.5 Å². The van der Waals surface area contributed by atoms with Gasteiger partial charge in [0, 0.05) is 62.8 Å². The largest absolute Gasteiger partial charge is 0.417 e. The van der Waals surface area contributed by atoms with Crippen molar-refractivity contribution in [3.05, 3.63) is 87.8 Å². The van der Waals surface area contributed by atoms with Crippen LogP contribution >= 0.6 is 0 Å². The number of anilines is 1. The van der Waals surface area contributed by atoms with E-state index in [1.54, 1.807) is 0 Å². The number of halogens is 3. The summed E-state index contributed by atoms with van der Waals surface area (Å²) in [6.45, 7) is 5.80. The van der Waals surface area contributed by atoms with Gasteiger partial charge in [-0.05, 0) is 61.2 Å². The molecule has 12 heteroatoms. The molecule has 2 saturated heterocycles. The molecule has 0 radical (unpaired) electrons. The van der Waals surface area contributed by atoms with Gasteiger partial charge in [0.05, 0.1) is 47.4 Å².